The van der Waals surface area contributed by atoms with E-state index in [1.807, 2.05) is 0 Å². The van der Waals surface area contributed by atoms with Gasteiger partial charge in [-0.1, -0.05) is 0 Å². The second-order valence-corrected chi connectivity index (χ2v) is 8.12. The predicted octanol–water partition coefficient (Wildman–Crippen LogP) is 1.18. The van der Waals surface area contributed by atoms with Crippen LogP contribution in [0.3, 0.4) is 0 Å². The van der Waals surface area contributed by atoms with Crippen molar-refractivity contribution in [3.63, 3.8) is 0 Å². The van der Waals surface area contributed by atoms with Crippen molar-refractivity contribution in [2.45, 2.75) is 38.5 Å². The first-order valence-electron chi connectivity index (χ1n) is 9.31. The number of hydrazine groups is 1. The van der Waals surface area contributed by atoms with E-state index in [2.05, 4.69) is 21.2 Å². The molecule has 0 saturated heterocycles. The van der Waals surface area contributed by atoms with Gasteiger partial charge >= 0.3 is 0 Å². The van der Waals surface area contributed by atoms with Crippen molar-refractivity contribution in [2.24, 2.45) is 23.2 Å². The Morgan fingerprint density at radius 3 is 2.12 bits per heavy atom. The van der Waals surface area contributed by atoms with Crippen LogP contribution in [0.4, 0.5) is 0 Å². The molecule has 1 aromatic rings. The first-order valence-corrected chi connectivity index (χ1v) is 9.31. The van der Waals surface area contributed by atoms with Gasteiger partial charge in [0.2, 0.25) is 5.91 Å². The SMILES string of the molecule is O=C(CNC(=O)C12CC3CC(CC(C3)C1)C2)NNC(=O)c1ccncc1. The molecule has 0 atom stereocenters. The number of pyridine rings is 1. The molecule has 26 heavy (non-hydrogen) atoms. The van der Waals surface area contributed by atoms with Crippen molar-refractivity contribution in [3.8, 4) is 0 Å². The standard InChI is InChI=1S/C19H24N4O3/c24-16(22-23-17(25)15-1-3-20-4-2-15)11-21-18(26)19-8-12-5-13(9-19)7-14(6-12)10-19/h1-4,12-14H,5-11H2,(H,21,26)(H,22,24)(H,23,25). The topological polar surface area (TPSA) is 100 Å². The number of aromatic nitrogens is 1. The highest BCUT2D eigenvalue weighted by atomic mass is 16.2. The van der Waals surface area contributed by atoms with Gasteiger partial charge < -0.3 is 5.32 Å². The number of hydrogen-bond donors (Lipinski definition) is 3. The van der Waals surface area contributed by atoms with Crippen LogP contribution in [0.1, 0.15) is 48.9 Å². The van der Waals surface area contributed by atoms with E-state index >= 15 is 0 Å². The van der Waals surface area contributed by atoms with Gasteiger partial charge in [-0.2, -0.15) is 0 Å². The van der Waals surface area contributed by atoms with Gasteiger partial charge in [0.25, 0.3) is 11.8 Å². The van der Waals surface area contributed by atoms with Gasteiger partial charge in [-0.25, -0.2) is 0 Å². The Hall–Kier alpha value is -2.44. The van der Waals surface area contributed by atoms with Crippen LogP contribution < -0.4 is 16.2 Å². The molecule has 4 fully saturated rings. The lowest BCUT2D eigenvalue weighted by Crippen LogP contribution is -2.55. The van der Waals surface area contributed by atoms with Crippen molar-refractivity contribution in [1.82, 2.24) is 21.2 Å². The summed E-state index contributed by atoms with van der Waals surface area (Å²) in [5.41, 5.74) is 4.81. The summed E-state index contributed by atoms with van der Waals surface area (Å²) in [4.78, 5) is 40.4. The molecule has 4 aliphatic rings. The van der Waals surface area contributed by atoms with Gasteiger partial charge in [0, 0.05) is 23.4 Å². The fourth-order valence-corrected chi connectivity index (χ4v) is 5.48. The molecule has 0 radical (unpaired) electrons. The van der Waals surface area contributed by atoms with E-state index in [9.17, 15) is 14.4 Å². The molecule has 138 valence electrons. The molecule has 3 N–H and O–H groups in total. The van der Waals surface area contributed by atoms with Gasteiger partial charge in [-0.05, 0) is 68.4 Å². The summed E-state index contributed by atoms with van der Waals surface area (Å²) >= 11 is 0. The number of amides is 3. The highest BCUT2D eigenvalue weighted by Crippen LogP contribution is 2.60. The molecular weight excluding hydrogens is 332 g/mol. The molecular formula is C19H24N4O3. The predicted molar refractivity (Wildman–Crippen MR) is 93.5 cm³/mol. The van der Waals surface area contributed by atoms with E-state index < -0.39 is 11.8 Å². The zero-order chi connectivity index (χ0) is 18.1. The Morgan fingerprint density at radius 2 is 1.54 bits per heavy atom. The fraction of sp³-hybridized carbons (Fsp3) is 0.579. The second-order valence-electron chi connectivity index (χ2n) is 8.12. The van der Waals surface area contributed by atoms with Gasteiger partial charge in [0.15, 0.2) is 0 Å². The summed E-state index contributed by atoms with van der Waals surface area (Å²) in [5, 5.41) is 2.79. The summed E-state index contributed by atoms with van der Waals surface area (Å²) < 4.78 is 0. The Morgan fingerprint density at radius 1 is 0.962 bits per heavy atom. The Labute approximate surface area is 152 Å². The summed E-state index contributed by atoms with van der Waals surface area (Å²) in [6.45, 7) is -0.128. The monoisotopic (exact) mass is 356 g/mol. The van der Waals surface area contributed by atoms with Gasteiger partial charge in [-0.15, -0.1) is 0 Å². The van der Waals surface area contributed by atoms with E-state index in [0.29, 0.717) is 23.3 Å². The Balaban J connectivity index is 1.26. The first-order chi connectivity index (χ1) is 12.5. The molecule has 7 nitrogen and oxygen atoms in total. The maximum absolute atomic E-state index is 12.8. The Kier molecular flexibility index (Phi) is 4.38. The number of nitrogens with one attached hydrogen (secondary N) is 3. The zero-order valence-electron chi connectivity index (χ0n) is 14.7. The first kappa shape index (κ1) is 17.0. The third kappa shape index (κ3) is 3.30. The van der Waals surface area contributed by atoms with Crippen LogP contribution in [-0.2, 0) is 9.59 Å². The quantitative estimate of drug-likeness (QED) is 0.705. The second kappa shape index (κ2) is 6.70. The molecule has 0 spiro atoms. The number of nitrogens with zero attached hydrogens (tertiary/aromatic N) is 1. The minimum atomic E-state index is -0.439. The summed E-state index contributed by atoms with van der Waals surface area (Å²) in [7, 11) is 0. The summed E-state index contributed by atoms with van der Waals surface area (Å²) in [6, 6.07) is 3.10. The van der Waals surface area contributed by atoms with Crippen LogP contribution in [0, 0.1) is 23.2 Å². The third-order valence-electron chi connectivity index (χ3n) is 6.19. The average molecular weight is 356 g/mol. The molecule has 3 amide bonds. The van der Waals surface area contributed by atoms with Crippen LogP contribution >= 0.6 is 0 Å². The number of hydrogen-bond acceptors (Lipinski definition) is 4. The lowest BCUT2D eigenvalue weighted by molar-refractivity contribution is -0.147. The van der Waals surface area contributed by atoms with Crippen LogP contribution in [0.2, 0.25) is 0 Å². The lowest BCUT2D eigenvalue weighted by atomic mass is 9.49. The minimum absolute atomic E-state index is 0.00668. The summed E-state index contributed by atoms with van der Waals surface area (Å²) in [5.74, 6) is 1.19. The maximum Gasteiger partial charge on any atom is 0.269 e. The van der Waals surface area contributed by atoms with Crippen LogP contribution in [0.15, 0.2) is 24.5 Å². The number of carbonyl (C=O) groups is 3. The van der Waals surface area contributed by atoms with Gasteiger partial charge in [0.1, 0.15) is 0 Å². The van der Waals surface area contributed by atoms with E-state index in [1.54, 1.807) is 12.1 Å². The average Bonchev–Trinajstić information content (AvgIpc) is 2.63. The molecule has 0 unspecified atom stereocenters. The van der Waals surface area contributed by atoms with E-state index in [-0.39, 0.29) is 17.9 Å². The van der Waals surface area contributed by atoms with Crippen LogP contribution in [0.5, 0.6) is 0 Å². The molecule has 0 aliphatic heterocycles. The van der Waals surface area contributed by atoms with Crippen molar-refractivity contribution in [1.29, 1.82) is 0 Å². The molecule has 5 rings (SSSR count). The van der Waals surface area contributed by atoms with Crippen LogP contribution in [-0.4, -0.2) is 29.3 Å². The highest BCUT2D eigenvalue weighted by Gasteiger charge is 2.54. The van der Waals surface area contributed by atoms with Crippen molar-refractivity contribution >= 4 is 17.7 Å². The fourth-order valence-electron chi connectivity index (χ4n) is 5.48. The molecule has 1 heterocycles. The normalized spacial score (nSPS) is 31.3. The molecule has 4 aliphatic carbocycles. The molecule has 4 saturated carbocycles. The third-order valence-corrected chi connectivity index (χ3v) is 6.19. The van der Waals surface area contributed by atoms with E-state index in [1.165, 1.54) is 31.7 Å². The Bertz CT molecular complexity index is 683. The highest BCUT2D eigenvalue weighted by molar-refractivity contribution is 5.95. The maximum atomic E-state index is 12.8. The van der Waals surface area contributed by atoms with Crippen molar-refractivity contribution in [2.75, 3.05) is 6.54 Å². The van der Waals surface area contributed by atoms with Gasteiger partial charge in [-0.3, -0.25) is 30.2 Å². The molecule has 7 heteroatoms. The summed E-state index contributed by atoms with van der Waals surface area (Å²) in [6.07, 6.45) is 9.71. The van der Waals surface area contributed by atoms with E-state index in [0.717, 1.165) is 19.3 Å². The smallest absolute Gasteiger partial charge is 0.269 e. The van der Waals surface area contributed by atoms with Gasteiger partial charge in [0.05, 0.1) is 6.54 Å². The molecule has 1 aromatic heterocycles. The minimum Gasteiger partial charge on any atom is -0.346 e. The lowest BCUT2D eigenvalue weighted by Gasteiger charge is -2.55. The molecule has 4 bridgehead atoms. The molecule has 0 aromatic carbocycles. The van der Waals surface area contributed by atoms with E-state index in [4.69, 9.17) is 0 Å². The zero-order valence-corrected chi connectivity index (χ0v) is 14.7. The number of rotatable bonds is 4. The number of carbonyl (C=O) groups excluding carboxylic acids is 3. The van der Waals surface area contributed by atoms with Crippen molar-refractivity contribution in [3.05, 3.63) is 30.1 Å². The largest absolute Gasteiger partial charge is 0.346 e. The van der Waals surface area contributed by atoms with Crippen LogP contribution in [0.25, 0.3) is 0 Å². The van der Waals surface area contributed by atoms with Crippen molar-refractivity contribution < 1.29 is 14.4 Å².